The Labute approximate surface area is 108 Å². The molecule has 0 aromatic carbocycles. The van der Waals surface area contributed by atoms with Crippen molar-refractivity contribution in [1.29, 1.82) is 0 Å². The number of nitrogens with one attached hydrogen (secondary N) is 1. The van der Waals surface area contributed by atoms with Gasteiger partial charge in [0.2, 0.25) is 0 Å². The number of hydrogen-bond donors (Lipinski definition) is 1. The molecule has 0 bridgehead atoms. The van der Waals surface area contributed by atoms with Crippen molar-refractivity contribution in [3.63, 3.8) is 0 Å². The Morgan fingerprint density at radius 1 is 1.24 bits per heavy atom. The van der Waals surface area contributed by atoms with E-state index in [2.05, 4.69) is 49.9 Å². The third-order valence-electron chi connectivity index (χ3n) is 4.34. The normalized spacial score (nSPS) is 27.0. The summed E-state index contributed by atoms with van der Waals surface area (Å²) in [7, 11) is 2.26. The lowest BCUT2D eigenvalue weighted by Gasteiger charge is -2.44. The molecule has 102 valence electrons. The Hall–Kier alpha value is -0.120. The molecular weight excluding hydrogens is 210 g/mol. The molecule has 0 spiro atoms. The smallest absolute Gasteiger partial charge is 0.0222 e. The molecule has 3 heteroatoms. The van der Waals surface area contributed by atoms with E-state index in [1.165, 1.54) is 32.5 Å². The summed E-state index contributed by atoms with van der Waals surface area (Å²) in [6.45, 7) is 13.9. The molecule has 1 aliphatic rings. The third kappa shape index (κ3) is 3.94. The third-order valence-corrected chi connectivity index (χ3v) is 4.34. The van der Waals surface area contributed by atoms with Crippen molar-refractivity contribution < 1.29 is 0 Å². The van der Waals surface area contributed by atoms with Crippen molar-refractivity contribution in [2.75, 3.05) is 33.2 Å². The molecule has 1 fully saturated rings. The van der Waals surface area contributed by atoms with E-state index in [4.69, 9.17) is 0 Å². The summed E-state index contributed by atoms with van der Waals surface area (Å²) in [6.07, 6.45) is 2.48. The molecule has 0 aliphatic carbocycles. The minimum absolute atomic E-state index is 0.640. The van der Waals surface area contributed by atoms with Crippen molar-refractivity contribution >= 4 is 0 Å². The Bertz CT molecular complexity index is 208. The maximum Gasteiger partial charge on any atom is 0.0222 e. The van der Waals surface area contributed by atoms with E-state index >= 15 is 0 Å². The predicted molar refractivity (Wildman–Crippen MR) is 75.5 cm³/mol. The minimum Gasteiger partial charge on any atom is -0.313 e. The van der Waals surface area contributed by atoms with Gasteiger partial charge in [0.05, 0.1) is 0 Å². The van der Waals surface area contributed by atoms with E-state index in [1.807, 2.05) is 0 Å². The monoisotopic (exact) mass is 241 g/mol. The molecule has 0 amide bonds. The van der Waals surface area contributed by atoms with Gasteiger partial charge in [0.25, 0.3) is 0 Å². The first-order chi connectivity index (χ1) is 8.13. The molecule has 0 aromatic rings. The fourth-order valence-corrected chi connectivity index (χ4v) is 2.95. The molecule has 17 heavy (non-hydrogen) atoms. The molecular formula is C14H31N3. The van der Waals surface area contributed by atoms with Gasteiger partial charge in [-0.05, 0) is 33.4 Å². The quantitative estimate of drug-likeness (QED) is 0.765. The zero-order chi connectivity index (χ0) is 12.8. The van der Waals surface area contributed by atoms with Crippen LogP contribution in [0.4, 0.5) is 0 Å². The fourth-order valence-electron chi connectivity index (χ4n) is 2.95. The molecule has 3 nitrogen and oxygen atoms in total. The van der Waals surface area contributed by atoms with E-state index in [1.54, 1.807) is 0 Å². The number of hydrogen-bond acceptors (Lipinski definition) is 3. The average Bonchev–Trinajstić information content (AvgIpc) is 2.35. The highest BCUT2D eigenvalue weighted by Gasteiger charge is 2.28. The summed E-state index contributed by atoms with van der Waals surface area (Å²) >= 11 is 0. The molecule has 3 atom stereocenters. The lowest BCUT2D eigenvalue weighted by Crippen LogP contribution is -2.58. The zero-order valence-corrected chi connectivity index (χ0v) is 12.4. The maximum atomic E-state index is 3.62. The van der Waals surface area contributed by atoms with E-state index in [9.17, 15) is 0 Å². The maximum absolute atomic E-state index is 3.62. The van der Waals surface area contributed by atoms with Crippen molar-refractivity contribution in [1.82, 2.24) is 15.1 Å². The van der Waals surface area contributed by atoms with Crippen molar-refractivity contribution in [3.05, 3.63) is 0 Å². The van der Waals surface area contributed by atoms with Crippen LogP contribution >= 0.6 is 0 Å². The molecule has 1 rings (SSSR count). The van der Waals surface area contributed by atoms with Gasteiger partial charge in [-0.25, -0.2) is 0 Å². The molecule has 0 aromatic heterocycles. The van der Waals surface area contributed by atoms with Gasteiger partial charge >= 0.3 is 0 Å². The second-order valence-electron chi connectivity index (χ2n) is 5.35. The highest BCUT2D eigenvalue weighted by Crippen LogP contribution is 2.16. The van der Waals surface area contributed by atoms with Gasteiger partial charge in [0, 0.05) is 37.8 Å². The van der Waals surface area contributed by atoms with Crippen LogP contribution in [0.25, 0.3) is 0 Å². The Morgan fingerprint density at radius 2 is 1.94 bits per heavy atom. The first kappa shape index (κ1) is 14.9. The highest BCUT2D eigenvalue weighted by atomic mass is 15.3. The van der Waals surface area contributed by atoms with Crippen LogP contribution in [0.3, 0.4) is 0 Å². The number of rotatable bonds is 6. The van der Waals surface area contributed by atoms with Gasteiger partial charge < -0.3 is 10.2 Å². The van der Waals surface area contributed by atoms with Crippen molar-refractivity contribution in [2.45, 2.75) is 58.7 Å². The number of nitrogens with zero attached hydrogens (tertiary/aromatic N) is 2. The van der Waals surface area contributed by atoms with Crippen molar-refractivity contribution in [2.24, 2.45) is 0 Å². The highest BCUT2D eigenvalue weighted by molar-refractivity contribution is 4.87. The first-order valence-corrected chi connectivity index (χ1v) is 7.31. The molecule has 1 N–H and O–H groups in total. The van der Waals surface area contributed by atoms with E-state index < -0.39 is 0 Å². The minimum atomic E-state index is 0.640. The lowest BCUT2D eigenvalue weighted by atomic mass is 10.0. The van der Waals surface area contributed by atoms with Crippen LogP contribution in [-0.2, 0) is 0 Å². The van der Waals surface area contributed by atoms with E-state index in [-0.39, 0.29) is 0 Å². The molecule has 0 radical (unpaired) electrons. The summed E-state index contributed by atoms with van der Waals surface area (Å²) < 4.78 is 0. The number of likely N-dealkylation sites (N-methyl/N-ethyl adjacent to an activating group) is 2. The van der Waals surface area contributed by atoms with Crippen LogP contribution in [-0.4, -0.2) is 61.2 Å². The van der Waals surface area contributed by atoms with Gasteiger partial charge in [-0.15, -0.1) is 0 Å². The Morgan fingerprint density at radius 3 is 2.47 bits per heavy atom. The summed E-state index contributed by atoms with van der Waals surface area (Å²) in [5.74, 6) is 0. The van der Waals surface area contributed by atoms with Crippen LogP contribution in [0.1, 0.15) is 40.5 Å². The largest absolute Gasteiger partial charge is 0.313 e. The van der Waals surface area contributed by atoms with E-state index in [0.717, 1.165) is 12.6 Å². The van der Waals surface area contributed by atoms with Gasteiger partial charge in [-0.2, -0.15) is 0 Å². The fraction of sp³-hybridized carbons (Fsp3) is 1.00. The lowest BCUT2D eigenvalue weighted by molar-refractivity contribution is 0.0544. The molecule has 1 heterocycles. The summed E-state index contributed by atoms with van der Waals surface area (Å²) in [4.78, 5) is 5.18. The van der Waals surface area contributed by atoms with Crippen LogP contribution < -0.4 is 5.32 Å². The molecule has 3 unspecified atom stereocenters. The Kier molecular flexibility index (Phi) is 6.45. The predicted octanol–water partition coefficient (Wildman–Crippen LogP) is 1.79. The first-order valence-electron chi connectivity index (χ1n) is 7.31. The van der Waals surface area contributed by atoms with Gasteiger partial charge in [0.1, 0.15) is 0 Å². The molecule has 0 saturated carbocycles. The zero-order valence-electron chi connectivity index (χ0n) is 12.4. The molecule has 1 saturated heterocycles. The standard InChI is InChI=1S/C14H31N3/c1-6-13-11-17(10-9-16(13)5)12(4)14(7-2)15-8-3/h12-15H,6-11H2,1-5H3. The van der Waals surface area contributed by atoms with Crippen LogP contribution in [0.15, 0.2) is 0 Å². The Balaban J connectivity index is 2.53. The summed E-state index contributed by atoms with van der Waals surface area (Å²) in [5.41, 5.74) is 0. The van der Waals surface area contributed by atoms with Gasteiger partial charge in [-0.1, -0.05) is 20.8 Å². The molecule has 1 aliphatic heterocycles. The average molecular weight is 241 g/mol. The van der Waals surface area contributed by atoms with Crippen molar-refractivity contribution in [3.8, 4) is 0 Å². The van der Waals surface area contributed by atoms with Gasteiger partial charge in [-0.3, -0.25) is 4.90 Å². The second-order valence-corrected chi connectivity index (χ2v) is 5.35. The van der Waals surface area contributed by atoms with Gasteiger partial charge in [0.15, 0.2) is 0 Å². The van der Waals surface area contributed by atoms with Crippen LogP contribution in [0.5, 0.6) is 0 Å². The van der Waals surface area contributed by atoms with Crippen LogP contribution in [0, 0.1) is 0 Å². The van der Waals surface area contributed by atoms with E-state index in [0.29, 0.717) is 12.1 Å². The second kappa shape index (κ2) is 7.34. The SMILES string of the molecule is CCNC(CC)C(C)N1CCN(C)C(CC)C1. The number of piperazine rings is 1. The summed E-state index contributed by atoms with van der Waals surface area (Å²) in [5, 5.41) is 3.62. The van der Waals surface area contributed by atoms with Crippen LogP contribution in [0.2, 0.25) is 0 Å². The topological polar surface area (TPSA) is 18.5 Å². The summed E-state index contributed by atoms with van der Waals surface area (Å²) in [6, 6.07) is 2.04.